The molecule has 6 heteroatoms. The second kappa shape index (κ2) is 10.5. The van der Waals surface area contributed by atoms with Crippen LogP contribution in [-0.2, 0) is 20.9 Å². The molecule has 1 heterocycles. The van der Waals surface area contributed by atoms with E-state index >= 15 is 0 Å². The molecule has 184 valence electrons. The molecule has 1 unspecified atom stereocenters. The molecule has 0 aliphatic rings. The summed E-state index contributed by atoms with van der Waals surface area (Å²) in [4.78, 5) is 38.1. The average molecular weight is 491 g/mol. The van der Waals surface area contributed by atoms with Gasteiger partial charge in [0.25, 0.3) is 5.91 Å². The van der Waals surface area contributed by atoms with Gasteiger partial charge in [0, 0.05) is 10.8 Å². The molecular formula is C31H26N2O4. The zero-order chi connectivity index (χ0) is 25.8. The number of hydrogen-bond donors (Lipinski definition) is 1. The maximum Gasteiger partial charge on any atom is 0.326 e. The number of nitrogens with zero attached hydrogens (tertiary/aromatic N) is 1. The Morgan fingerprint density at radius 2 is 1.30 bits per heavy atom. The first-order valence-corrected chi connectivity index (χ1v) is 12.1. The summed E-state index contributed by atoms with van der Waals surface area (Å²) in [5.74, 6) is -0.948. The van der Waals surface area contributed by atoms with Crippen LogP contribution >= 0.6 is 0 Å². The standard InChI is InChI=1S/C31H26N2O4/c1-21(22-15-17-24(18-16-22)23-9-3-2-4-10-23)32-29(34)20-37-30(35)19-33-27-13-7-5-11-25(27)31(36)26-12-6-8-14-28(26)33/h2-18,21H,19-20H2,1H3,(H,32,34). The second-order valence-electron chi connectivity index (χ2n) is 8.89. The molecular weight excluding hydrogens is 464 g/mol. The summed E-state index contributed by atoms with van der Waals surface area (Å²) in [6.45, 7) is 1.38. The van der Waals surface area contributed by atoms with E-state index in [1.165, 1.54) is 0 Å². The third-order valence-electron chi connectivity index (χ3n) is 6.43. The molecule has 0 bridgehead atoms. The molecule has 1 atom stereocenters. The topological polar surface area (TPSA) is 77.4 Å². The van der Waals surface area contributed by atoms with E-state index in [0.29, 0.717) is 21.8 Å². The minimum Gasteiger partial charge on any atom is -0.454 e. The van der Waals surface area contributed by atoms with Crippen molar-refractivity contribution in [2.24, 2.45) is 0 Å². The molecule has 5 rings (SSSR count). The Bertz CT molecular complexity index is 1580. The molecule has 0 aliphatic carbocycles. The SMILES string of the molecule is CC(NC(=O)COC(=O)Cn1c2ccccc2c(=O)c2ccccc21)c1ccc(-c2ccccc2)cc1. The van der Waals surface area contributed by atoms with Crippen molar-refractivity contribution in [1.82, 2.24) is 9.88 Å². The highest BCUT2D eigenvalue weighted by Crippen LogP contribution is 2.22. The largest absolute Gasteiger partial charge is 0.454 e. The van der Waals surface area contributed by atoms with Crippen LogP contribution in [0.5, 0.6) is 0 Å². The summed E-state index contributed by atoms with van der Waals surface area (Å²) in [5, 5.41) is 3.93. The lowest BCUT2D eigenvalue weighted by atomic mass is 10.0. The van der Waals surface area contributed by atoms with Gasteiger partial charge in [0.1, 0.15) is 6.54 Å². The van der Waals surface area contributed by atoms with E-state index in [1.54, 1.807) is 41.0 Å². The third kappa shape index (κ3) is 5.14. The third-order valence-corrected chi connectivity index (χ3v) is 6.43. The van der Waals surface area contributed by atoms with Crippen LogP contribution in [0.15, 0.2) is 108 Å². The molecule has 0 saturated carbocycles. The number of ether oxygens (including phenoxy) is 1. The lowest BCUT2D eigenvalue weighted by Crippen LogP contribution is -2.31. The van der Waals surface area contributed by atoms with E-state index < -0.39 is 5.97 Å². The Morgan fingerprint density at radius 1 is 0.757 bits per heavy atom. The Kier molecular flexibility index (Phi) is 6.81. The molecule has 1 N–H and O–H groups in total. The molecule has 0 radical (unpaired) electrons. The summed E-state index contributed by atoms with van der Waals surface area (Å²) in [7, 11) is 0. The molecule has 0 fully saturated rings. The van der Waals surface area contributed by atoms with Crippen molar-refractivity contribution in [3.63, 3.8) is 0 Å². The van der Waals surface area contributed by atoms with E-state index in [0.717, 1.165) is 16.7 Å². The zero-order valence-corrected chi connectivity index (χ0v) is 20.4. The van der Waals surface area contributed by atoms with Gasteiger partial charge in [-0.1, -0.05) is 78.9 Å². The van der Waals surface area contributed by atoms with E-state index in [1.807, 2.05) is 73.7 Å². The van der Waals surface area contributed by atoms with Crippen molar-refractivity contribution in [3.05, 3.63) is 119 Å². The highest BCUT2D eigenvalue weighted by molar-refractivity contribution is 5.94. The van der Waals surface area contributed by atoms with Crippen molar-refractivity contribution in [1.29, 1.82) is 0 Å². The molecule has 1 amide bonds. The van der Waals surface area contributed by atoms with Gasteiger partial charge in [-0.2, -0.15) is 0 Å². The Balaban J connectivity index is 1.23. The Labute approximate surface area is 214 Å². The molecule has 0 saturated heterocycles. The first-order valence-electron chi connectivity index (χ1n) is 12.1. The van der Waals surface area contributed by atoms with Crippen molar-refractivity contribution >= 4 is 33.7 Å². The number of carbonyl (C=O) groups is 2. The normalized spacial score (nSPS) is 11.8. The number of benzene rings is 4. The van der Waals surface area contributed by atoms with Gasteiger partial charge in [-0.15, -0.1) is 0 Å². The van der Waals surface area contributed by atoms with Crippen LogP contribution in [0.4, 0.5) is 0 Å². The smallest absolute Gasteiger partial charge is 0.326 e. The number of para-hydroxylation sites is 2. The van der Waals surface area contributed by atoms with E-state index in [4.69, 9.17) is 4.74 Å². The Morgan fingerprint density at radius 3 is 1.92 bits per heavy atom. The minimum absolute atomic E-state index is 0.0824. The van der Waals surface area contributed by atoms with Crippen molar-refractivity contribution in [2.45, 2.75) is 19.5 Å². The molecule has 5 aromatic rings. The van der Waals surface area contributed by atoms with E-state index in [9.17, 15) is 14.4 Å². The lowest BCUT2D eigenvalue weighted by Gasteiger charge is -2.16. The van der Waals surface area contributed by atoms with Gasteiger partial charge in [-0.25, -0.2) is 0 Å². The predicted molar refractivity (Wildman–Crippen MR) is 145 cm³/mol. The maximum atomic E-state index is 12.9. The number of carbonyl (C=O) groups excluding carboxylic acids is 2. The van der Waals surface area contributed by atoms with Gasteiger partial charge >= 0.3 is 5.97 Å². The number of aromatic nitrogens is 1. The average Bonchev–Trinajstić information content (AvgIpc) is 2.94. The number of fused-ring (bicyclic) bond motifs is 2. The van der Waals surface area contributed by atoms with E-state index in [-0.39, 0.29) is 30.5 Å². The summed E-state index contributed by atoms with van der Waals surface area (Å²) < 4.78 is 7.05. The molecule has 4 aromatic carbocycles. The number of esters is 1. The van der Waals surface area contributed by atoms with Crippen LogP contribution < -0.4 is 10.7 Å². The van der Waals surface area contributed by atoms with Crippen LogP contribution in [-0.4, -0.2) is 23.1 Å². The lowest BCUT2D eigenvalue weighted by molar-refractivity contribution is -0.149. The monoisotopic (exact) mass is 490 g/mol. The van der Waals surface area contributed by atoms with Crippen LogP contribution in [0.2, 0.25) is 0 Å². The zero-order valence-electron chi connectivity index (χ0n) is 20.4. The van der Waals surface area contributed by atoms with Crippen molar-refractivity contribution in [3.8, 4) is 11.1 Å². The number of rotatable bonds is 7. The molecule has 0 aliphatic heterocycles. The van der Waals surface area contributed by atoms with Gasteiger partial charge in [-0.05, 0) is 47.9 Å². The first kappa shape index (κ1) is 24.0. The highest BCUT2D eigenvalue weighted by Gasteiger charge is 2.16. The molecule has 6 nitrogen and oxygen atoms in total. The first-order chi connectivity index (χ1) is 18.0. The Hall–Kier alpha value is -4.71. The molecule has 37 heavy (non-hydrogen) atoms. The number of amides is 1. The summed E-state index contributed by atoms with van der Waals surface area (Å²) in [6, 6.07) is 32.1. The van der Waals surface area contributed by atoms with Gasteiger partial charge in [-0.3, -0.25) is 14.4 Å². The quantitative estimate of drug-likeness (QED) is 0.250. The van der Waals surface area contributed by atoms with E-state index in [2.05, 4.69) is 5.32 Å². The maximum absolute atomic E-state index is 12.9. The summed E-state index contributed by atoms with van der Waals surface area (Å²) in [6.07, 6.45) is 0. The number of nitrogens with one attached hydrogen (secondary N) is 1. The van der Waals surface area contributed by atoms with Crippen LogP contribution in [0.1, 0.15) is 18.5 Å². The van der Waals surface area contributed by atoms with Crippen LogP contribution in [0.25, 0.3) is 32.9 Å². The van der Waals surface area contributed by atoms with Gasteiger partial charge in [0.2, 0.25) is 0 Å². The highest BCUT2D eigenvalue weighted by atomic mass is 16.5. The predicted octanol–water partition coefficient (Wildman–Crippen LogP) is 5.24. The van der Waals surface area contributed by atoms with Crippen molar-refractivity contribution in [2.75, 3.05) is 6.61 Å². The van der Waals surface area contributed by atoms with Gasteiger partial charge in [0.05, 0.1) is 17.1 Å². The fraction of sp³-hybridized carbons (Fsp3) is 0.129. The molecule has 1 aromatic heterocycles. The molecule has 0 spiro atoms. The summed E-state index contributed by atoms with van der Waals surface area (Å²) >= 11 is 0. The number of pyridine rings is 1. The van der Waals surface area contributed by atoms with Gasteiger partial charge in [0.15, 0.2) is 12.0 Å². The summed E-state index contributed by atoms with van der Waals surface area (Å²) in [5.41, 5.74) is 4.37. The fourth-order valence-electron chi connectivity index (χ4n) is 4.53. The second-order valence-corrected chi connectivity index (χ2v) is 8.89. The van der Waals surface area contributed by atoms with Crippen LogP contribution in [0.3, 0.4) is 0 Å². The minimum atomic E-state index is -0.561. The van der Waals surface area contributed by atoms with Gasteiger partial charge < -0.3 is 14.6 Å². The van der Waals surface area contributed by atoms with Crippen molar-refractivity contribution < 1.29 is 14.3 Å². The number of hydrogen-bond acceptors (Lipinski definition) is 4. The fourth-order valence-corrected chi connectivity index (χ4v) is 4.53. The van der Waals surface area contributed by atoms with Crippen LogP contribution in [0, 0.1) is 0 Å².